The molecule has 1 aliphatic rings. The molecule has 1 aromatic heterocycles. The number of carbonyl (C=O) groups excluding carboxylic acids is 1. The van der Waals surface area contributed by atoms with E-state index in [1.165, 1.54) is 11.3 Å². The molecule has 1 amide bonds. The van der Waals surface area contributed by atoms with Crippen LogP contribution in [0.3, 0.4) is 0 Å². The van der Waals surface area contributed by atoms with Crippen LogP contribution < -0.4 is 23.8 Å². The summed E-state index contributed by atoms with van der Waals surface area (Å²) in [4.78, 5) is 20.1. The average molecular weight is 449 g/mol. The second kappa shape index (κ2) is 8.39. The van der Waals surface area contributed by atoms with Crippen molar-refractivity contribution in [3.05, 3.63) is 71.8 Å². The van der Waals surface area contributed by atoms with Gasteiger partial charge in [-0.1, -0.05) is 41.7 Å². The standard InChI is InChI=1S/C24H20N2O5S/c1-28-18-10-11-19(29-2)22-21(18)25-24(32-22)26(13-15-6-4-3-5-7-15)23(27)16-8-9-17-20(12-16)31-14-30-17/h3-12H,13-14H2,1-2H3. The van der Waals surface area contributed by atoms with E-state index < -0.39 is 0 Å². The van der Waals surface area contributed by atoms with Crippen LogP contribution in [0, 0.1) is 0 Å². The van der Waals surface area contributed by atoms with Gasteiger partial charge in [-0.15, -0.1) is 0 Å². The Labute approximate surface area is 188 Å². The molecule has 0 spiro atoms. The van der Waals surface area contributed by atoms with Gasteiger partial charge in [0.15, 0.2) is 16.6 Å². The highest BCUT2D eigenvalue weighted by Crippen LogP contribution is 2.41. The first-order valence-electron chi connectivity index (χ1n) is 9.95. The molecule has 3 aromatic carbocycles. The van der Waals surface area contributed by atoms with Crippen LogP contribution in [-0.2, 0) is 6.54 Å². The lowest BCUT2D eigenvalue weighted by Gasteiger charge is -2.20. The summed E-state index contributed by atoms with van der Waals surface area (Å²) in [6.45, 7) is 0.511. The fourth-order valence-electron chi connectivity index (χ4n) is 3.57. The number of anilines is 1. The topological polar surface area (TPSA) is 70.1 Å². The van der Waals surface area contributed by atoms with Crippen molar-refractivity contribution in [2.45, 2.75) is 6.54 Å². The van der Waals surface area contributed by atoms with Crippen molar-refractivity contribution in [1.29, 1.82) is 0 Å². The number of rotatable bonds is 6. The normalized spacial score (nSPS) is 12.1. The minimum absolute atomic E-state index is 0.151. The van der Waals surface area contributed by atoms with Crippen molar-refractivity contribution >= 4 is 32.6 Å². The molecular formula is C24H20N2O5S. The second-order valence-corrected chi connectivity index (χ2v) is 8.07. The van der Waals surface area contributed by atoms with E-state index in [1.807, 2.05) is 42.5 Å². The lowest BCUT2D eigenvalue weighted by molar-refractivity contribution is 0.0984. The SMILES string of the molecule is COc1ccc(OC)c2sc(N(Cc3ccccc3)C(=O)c3ccc4c(c3)OCO4)nc12. The van der Waals surface area contributed by atoms with Crippen molar-refractivity contribution < 1.29 is 23.7 Å². The molecule has 7 nitrogen and oxygen atoms in total. The van der Waals surface area contributed by atoms with Crippen molar-refractivity contribution in [2.24, 2.45) is 0 Å². The molecule has 0 radical (unpaired) electrons. The van der Waals surface area contributed by atoms with E-state index in [4.69, 9.17) is 23.9 Å². The molecule has 0 unspecified atom stereocenters. The summed E-state index contributed by atoms with van der Waals surface area (Å²) in [6.07, 6.45) is 0. The summed E-state index contributed by atoms with van der Waals surface area (Å²) in [5, 5.41) is 0.550. The van der Waals surface area contributed by atoms with Gasteiger partial charge in [-0.2, -0.15) is 0 Å². The zero-order valence-electron chi connectivity index (χ0n) is 17.5. The number of benzene rings is 3. The van der Waals surface area contributed by atoms with Crippen LogP contribution in [0.5, 0.6) is 23.0 Å². The number of amides is 1. The lowest BCUT2D eigenvalue weighted by atomic mass is 10.1. The molecular weight excluding hydrogens is 428 g/mol. The van der Waals surface area contributed by atoms with Gasteiger partial charge in [-0.25, -0.2) is 4.98 Å². The summed E-state index contributed by atoms with van der Waals surface area (Å²) in [6, 6.07) is 18.6. The quantitative estimate of drug-likeness (QED) is 0.418. The molecule has 0 N–H and O–H groups in total. The Morgan fingerprint density at radius 3 is 2.53 bits per heavy atom. The van der Waals surface area contributed by atoms with E-state index in [-0.39, 0.29) is 12.7 Å². The van der Waals surface area contributed by atoms with E-state index in [2.05, 4.69) is 0 Å². The molecule has 8 heteroatoms. The number of fused-ring (bicyclic) bond motifs is 2. The van der Waals surface area contributed by atoms with Gasteiger partial charge in [-0.05, 0) is 35.9 Å². The summed E-state index contributed by atoms with van der Waals surface area (Å²) in [7, 11) is 3.21. The van der Waals surface area contributed by atoms with Crippen LogP contribution >= 0.6 is 11.3 Å². The van der Waals surface area contributed by atoms with Gasteiger partial charge in [0.05, 0.1) is 20.8 Å². The van der Waals surface area contributed by atoms with Crippen molar-refractivity contribution in [2.75, 3.05) is 25.9 Å². The van der Waals surface area contributed by atoms with Crippen LogP contribution in [0.4, 0.5) is 5.13 Å². The molecule has 2 heterocycles. The first kappa shape index (κ1) is 20.1. The maximum atomic E-state index is 13.7. The predicted octanol–water partition coefficient (Wildman–Crippen LogP) is 4.89. The highest BCUT2D eigenvalue weighted by molar-refractivity contribution is 7.22. The van der Waals surface area contributed by atoms with Crippen molar-refractivity contribution in [3.8, 4) is 23.0 Å². The Bertz CT molecular complexity index is 1250. The van der Waals surface area contributed by atoms with Gasteiger partial charge in [0.25, 0.3) is 5.91 Å². The number of ether oxygens (including phenoxy) is 4. The van der Waals surface area contributed by atoms with Gasteiger partial charge in [0.1, 0.15) is 21.7 Å². The minimum Gasteiger partial charge on any atom is -0.495 e. The molecule has 0 atom stereocenters. The minimum atomic E-state index is -0.191. The predicted molar refractivity (Wildman–Crippen MR) is 122 cm³/mol. The van der Waals surface area contributed by atoms with Gasteiger partial charge in [0, 0.05) is 5.56 Å². The van der Waals surface area contributed by atoms with Gasteiger partial charge < -0.3 is 18.9 Å². The summed E-state index contributed by atoms with van der Waals surface area (Å²) >= 11 is 1.39. The second-order valence-electron chi connectivity index (χ2n) is 7.09. The highest BCUT2D eigenvalue weighted by atomic mass is 32.1. The highest BCUT2D eigenvalue weighted by Gasteiger charge is 2.25. The Morgan fingerprint density at radius 1 is 1.00 bits per heavy atom. The number of aromatic nitrogens is 1. The molecule has 4 aromatic rings. The molecule has 5 rings (SSSR count). The Kier molecular flexibility index (Phi) is 5.28. The van der Waals surface area contributed by atoms with Gasteiger partial charge >= 0.3 is 0 Å². The maximum absolute atomic E-state index is 13.7. The van der Waals surface area contributed by atoms with Crippen LogP contribution in [-0.4, -0.2) is 31.9 Å². The third-order valence-electron chi connectivity index (χ3n) is 5.18. The fraction of sp³-hybridized carbons (Fsp3) is 0.167. The molecule has 162 valence electrons. The average Bonchev–Trinajstić information content (AvgIpc) is 3.49. The summed E-state index contributed by atoms with van der Waals surface area (Å²) in [5.41, 5.74) is 2.13. The van der Waals surface area contributed by atoms with E-state index in [0.717, 1.165) is 10.3 Å². The van der Waals surface area contributed by atoms with Gasteiger partial charge in [0.2, 0.25) is 6.79 Å². The lowest BCUT2D eigenvalue weighted by Crippen LogP contribution is -2.30. The number of carbonyl (C=O) groups is 1. The maximum Gasteiger partial charge on any atom is 0.260 e. The number of thiazole rings is 1. The van der Waals surface area contributed by atoms with E-state index in [0.29, 0.717) is 45.8 Å². The zero-order chi connectivity index (χ0) is 22.1. The first-order valence-corrected chi connectivity index (χ1v) is 10.8. The molecule has 32 heavy (non-hydrogen) atoms. The molecule has 0 saturated heterocycles. The Hall–Kier alpha value is -3.78. The Morgan fingerprint density at radius 2 is 1.75 bits per heavy atom. The number of hydrogen-bond acceptors (Lipinski definition) is 7. The zero-order valence-corrected chi connectivity index (χ0v) is 18.3. The largest absolute Gasteiger partial charge is 0.495 e. The van der Waals surface area contributed by atoms with E-state index in [1.54, 1.807) is 37.3 Å². The monoisotopic (exact) mass is 448 g/mol. The summed E-state index contributed by atoms with van der Waals surface area (Å²) < 4.78 is 22.7. The molecule has 0 aliphatic carbocycles. The number of methoxy groups -OCH3 is 2. The summed E-state index contributed by atoms with van der Waals surface area (Å²) in [5.74, 6) is 2.30. The van der Waals surface area contributed by atoms with Crippen molar-refractivity contribution in [3.63, 3.8) is 0 Å². The number of nitrogens with zero attached hydrogens (tertiary/aromatic N) is 2. The molecule has 0 bridgehead atoms. The molecule has 1 aliphatic heterocycles. The van der Waals surface area contributed by atoms with Crippen molar-refractivity contribution in [1.82, 2.24) is 4.98 Å². The van der Waals surface area contributed by atoms with E-state index in [9.17, 15) is 4.79 Å². The Balaban J connectivity index is 1.61. The third-order valence-corrected chi connectivity index (χ3v) is 6.27. The third kappa shape index (κ3) is 3.58. The molecule has 0 fully saturated rings. The van der Waals surface area contributed by atoms with Crippen LogP contribution in [0.1, 0.15) is 15.9 Å². The van der Waals surface area contributed by atoms with Gasteiger partial charge in [-0.3, -0.25) is 9.69 Å². The molecule has 0 saturated carbocycles. The van der Waals surface area contributed by atoms with Crippen LogP contribution in [0.15, 0.2) is 60.7 Å². The fourth-order valence-corrected chi connectivity index (χ4v) is 4.64. The van der Waals surface area contributed by atoms with Crippen LogP contribution in [0.25, 0.3) is 10.2 Å². The van der Waals surface area contributed by atoms with Crippen LogP contribution in [0.2, 0.25) is 0 Å². The first-order chi connectivity index (χ1) is 15.7. The smallest absolute Gasteiger partial charge is 0.260 e. The number of hydrogen-bond donors (Lipinski definition) is 0. The van der Waals surface area contributed by atoms with E-state index >= 15 is 0 Å².